The van der Waals surface area contributed by atoms with Crippen LogP contribution in [-0.2, 0) is 6.54 Å². The molecule has 20 heavy (non-hydrogen) atoms. The Kier molecular flexibility index (Phi) is 6.06. The molecule has 0 aromatic heterocycles. The molecule has 0 saturated carbocycles. The molecular formula is C18H30N2. The fourth-order valence-corrected chi connectivity index (χ4v) is 2.91. The number of hydrogen-bond acceptors (Lipinski definition) is 2. The standard InChI is InChI=1S/C18H30N2/c1-15(2)18-9-7-17(8-10-18)13-19-16(3)14-20-11-5-4-6-12-20/h7-10,15-16,19H,4-6,11-14H2,1-3H3. The molecule has 1 aromatic carbocycles. The summed E-state index contributed by atoms with van der Waals surface area (Å²) in [6, 6.07) is 9.61. The Morgan fingerprint density at radius 2 is 1.65 bits per heavy atom. The van der Waals surface area contributed by atoms with Crippen molar-refractivity contribution in [2.24, 2.45) is 0 Å². The first kappa shape index (κ1) is 15.5. The number of nitrogens with zero attached hydrogens (tertiary/aromatic N) is 1. The molecule has 112 valence electrons. The highest BCUT2D eigenvalue weighted by Gasteiger charge is 2.12. The van der Waals surface area contributed by atoms with Gasteiger partial charge < -0.3 is 10.2 Å². The second-order valence-electron chi connectivity index (χ2n) is 6.54. The molecule has 2 nitrogen and oxygen atoms in total. The quantitative estimate of drug-likeness (QED) is 0.849. The van der Waals surface area contributed by atoms with Crippen molar-refractivity contribution in [2.75, 3.05) is 19.6 Å². The van der Waals surface area contributed by atoms with Crippen LogP contribution in [0, 0.1) is 0 Å². The van der Waals surface area contributed by atoms with Crippen molar-refractivity contribution in [1.82, 2.24) is 10.2 Å². The van der Waals surface area contributed by atoms with Crippen molar-refractivity contribution in [2.45, 2.75) is 58.5 Å². The number of benzene rings is 1. The molecule has 1 aliphatic rings. The first-order chi connectivity index (χ1) is 9.65. The van der Waals surface area contributed by atoms with Crippen LogP contribution in [0.2, 0.25) is 0 Å². The van der Waals surface area contributed by atoms with Crippen molar-refractivity contribution >= 4 is 0 Å². The van der Waals surface area contributed by atoms with Gasteiger partial charge in [-0.3, -0.25) is 0 Å². The molecule has 0 aliphatic carbocycles. The summed E-state index contributed by atoms with van der Waals surface area (Å²) >= 11 is 0. The van der Waals surface area contributed by atoms with Crippen LogP contribution in [0.4, 0.5) is 0 Å². The zero-order valence-corrected chi connectivity index (χ0v) is 13.4. The van der Waals surface area contributed by atoms with Gasteiger partial charge in [-0.2, -0.15) is 0 Å². The minimum Gasteiger partial charge on any atom is -0.309 e. The van der Waals surface area contributed by atoms with Gasteiger partial charge in [-0.1, -0.05) is 44.5 Å². The molecule has 1 heterocycles. The number of hydrogen-bond donors (Lipinski definition) is 1. The highest BCUT2D eigenvalue weighted by atomic mass is 15.1. The lowest BCUT2D eigenvalue weighted by molar-refractivity contribution is 0.209. The van der Waals surface area contributed by atoms with Crippen molar-refractivity contribution in [3.63, 3.8) is 0 Å². The average molecular weight is 274 g/mol. The molecule has 1 N–H and O–H groups in total. The number of nitrogens with one attached hydrogen (secondary N) is 1. The van der Waals surface area contributed by atoms with Crippen LogP contribution in [-0.4, -0.2) is 30.6 Å². The van der Waals surface area contributed by atoms with Gasteiger partial charge in [0.25, 0.3) is 0 Å². The maximum Gasteiger partial charge on any atom is 0.0208 e. The van der Waals surface area contributed by atoms with Gasteiger partial charge in [0.15, 0.2) is 0 Å². The van der Waals surface area contributed by atoms with Crippen molar-refractivity contribution in [3.05, 3.63) is 35.4 Å². The second-order valence-corrected chi connectivity index (χ2v) is 6.54. The third-order valence-corrected chi connectivity index (χ3v) is 4.28. The molecule has 0 radical (unpaired) electrons. The molecule has 2 rings (SSSR count). The molecule has 0 spiro atoms. The molecule has 1 atom stereocenters. The lowest BCUT2D eigenvalue weighted by Gasteiger charge is -2.29. The van der Waals surface area contributed by atoms with Gasteiger partial charge in [-0.15, -0.1) is 0 Å². The Morgan fingerprint density at radius 1 is 1.00 bits per heavy atom. The van der Waals surface area contributed by atoms with Crippen LogP contribution in [0.3, 0.4) is 0 Å². The van der Waals surface area contributed by atoms with E-state index in [4.69, 9.17) is 0 Å². The van der Waals surface area contributed by atoms with Gasteiger partial charge >= 0.3 is 0 Å². The fourth-order valence-electron chi connectivity index (χ4n) is 2.91. The summed E-state index contributed by atoms with van der Waals surface area (Å²) in [5.41, 5.74) is 2.81. The zero-order valence-electron chi connectivity index (χ0n) is 13.4. The van der Waals surface area contributed by atoms with E-state index >= 15 is 0 Å². The van der Waals surface area contributed by atoms with E-state index < -0.39 is 0 Å². The Morgan fingerprint density at radius 3 is 2.25 bits per heavy atom. The Bertz CT molecular complexity index is 377. The van der Waals surface area contributed by atoms with E-state index in [1.54, 1.807) is 0 Å². The van der Waals surface area contributed by atoms with E-state index in [1.165, 1.54) is 50.0 Å². The lowest BCUT2D eigenvalue weighted by atomic mass is 10.0. The zero-order chi connectivity index (χ0) is 14.4. The summed E-state index contributed by atoms with van der Waals surface area (Å²) in [5, 5.41) is 3.65. The van der Waals surface area contributed by atoms with E-state index in [9.17, 15) is 0 Å². The van der Waals surface area contributed by atoms with Gasteiger partial charge in [0.05, 0.1) is 0 Å². The van der Waals surface area contributed by atoms with Crippen LogP contribution in [0.15, 0.2) is 24.3 Å². The van der Waals surface area contributed by atoms with Gasteiger partial charge in [0.2, 0.25) is 0 Å². The average Bonchev–Trinajstić information content (AvgIpc) is 2.46. The largest absolute Gasteiger partial charge is 0.309 e. The van der Waals surface area contributed by atoms with Crippen LogP contribution >= 0.6 is 0 Å². The SMILES string of the molecule is CC(CN1CCCCC1)NCc1ccc(C(C)C)cc1. The smallest absolute Gasteiger partial charge is 0.0208 e. The van der Waals surface area contributed by atoms with Gasteiger partial charge in [-0.25, -0.2) is 0 Å². The highest BCUT2D eigenvalue weighted by Crippen LogP contribution is 2.14. The van der Waals surface area contributed by atoms with Crippen LogP contribution in [0.1, 0.15) is 57.1 Å². The van der Waals surface area contributed by atoms with Crippen LogP contribution < -0.4 is 5.32 Å². The third kappa shape index (κ3) is 4.92. The summed E-state index contributed by atoms with van der Waals surface area (Å²) in [7, 11) is 0. The van der Waals surface area contributed by atoms with E-state index in [-0.39, 0.29) is 0 Å². The first-order valence-electron chi connectivity index (χ1n) is 8.19. The summed E-state index contributed by atoms with van der Waals surface area (Å²) in [4.78, 5) is 2.60. The molecule has 0 bridgehead atoms. The van der Waals surface area contributed by atoms with E-state index in [1.807, 2.05) is 0 Å². The fraction of sp³-hybridized carbons (Fsp3) is 0.667. The maximum atomic E-state index is 3.65. The summed E-state index contributed by atoms with van der Waals surface area (Å²) in [5.74, 6) is 0.620. The van der Waals surface area contributed by atoms with Crippen LogP contribution in [0.25, 0.3) is 0 Å². The van der Waals surface area contributed by atoms with Gasteiger partial charge in [0.1, 0.15) is 0 Å². The van der Waals surface area contributed by atoms with E-state index in [2.05, 4.69) is 55.3 Å². The monoisotopic (exact) mass is 274 g/mol. The summed E-state index contributed by atoms with van der Waals surface area (Å²) in [6.45, 7) is 11.5. The van der Waals surface area contributed by atoms with Crippen LogP contribution in [0.5, 0.6) is 0 Å². The molecular weight excluding hydrogens is 244 g/mol. The molecule has 1 aliphatic heterocycles. The Balaban J connectivity index is 1.73. The summed E-state index contributed by atoms with van der Waals surface area (Å²) < 4.78 is 0. The molecule has 0 amide bonds. The Labute approximate surface area is 124 Å². The van der Waals surface area contributed by atoms with Crippen molar-refractivity contribution < 1.29 is 0 Å². The molecule has 1 saturated heterocycles. The second kappa shape index (κ2) is 7.80. The van der Waals surface area contributed by atoms with Crippen molar-refractivity contribution in [3.8, 4) is 0 Å². The first-order valence-corrected chi connectivity index (χ1v) is 8.19. The topological polar surface area (TPSA) is 15.3 Å². The molecule has 1 fully saturated rings. The van der Waals surface area contributed by atoms with E-state index in [0.29, 0.717) is 12.0 Å². The normalized spacial score (nSPS) is 18.4. The number of rotatable bonds is 6. The molecule has 2 heteroatoms. The number of piperidine rings is 1. The Hall–Kier alpha value is -0.860. The lowest BCUT2D eigenvalue weighted by Crippen LogP contribution is -2.41. The summed E-state index contributed by atoms with van der Waals surface area (Å²) in [6.07, 6.45) is 4.17. The molecule has 1 unspecified atom stereocenters. The highest BCUT2D eigenvalue weighted by molar-refractivity contribution is 5.24. The number of likely N-dealkylation sites (tertiary alicyclic amines) is 1. The predicted octanol–water partition coefficient (Wildman–Crippen LogP) is 3.77. The predicted molar refractivity (Wildman–Crippen MR) is 87.1 cm³/mol. The van der Waals surface area contributed by atoms with E-state index in [0.717, 1.165) is 6.54 Å². The minimum absolute atomic E-state index is 0.567. The molecule has 1 aromatic rings. The third-order valence-electron chi connectivity index (χ3n) is 4.28. The van der Waals surface area contributed by atoms with Gasteiger partial charge in [-0.05, 0) is 49.9 Å². The van der Waals surface area contributed by atoms with Crippen molar-refractivity contribution in [1.29, 1.82) is 0 Å². The maximum absolute atomic E-state index is 3.65. The minimum atomic E-state index is 0.567. The van der Waals surface area contributed by atoms with Gasteiger partial charge in [0, 0.05) is 19.1 Å².